The molecule has 0 radical (unpaired) electrons. The van der Waals surface area contributed by atoms with E-state index in [1.807, 2.05) is 43.4 Å². The maximum absolute atomic E-state index is 5.89. The molecule has 0 aliphatic heterocycles. The Balaban J connectivity index is 2.32. The first-order valence-corrected chi connectivity index (χ1v) is 5.71. The predicted molar refractivity (Wildman–Crippen MR) is 68.2 cm³/mol. The summed E-state index contributed by atoms with van der Waals surface area (Å²) in [6, 6.07) is 11.7. The minimum Gasteiger partial charge on any atom is -0.399 e. The van der Waals surface area contributed by atoms with Crippen molar-refractivity contribution in [3.8, 4) is 0 Å². The molecule has 0 saturated heterocycles. The Bertz CT molecular complexity index is 467. The predicted octanol–water partition coefficient (Wildman–Crippen LogP) is 3.75. The van der Waals surface area contributed by atoms with Crippen molar-refractivity contribution in [3.05, 3.63) is 40.7 Å². The molecule has 0 aliphatic rings. The van der Waals surface area contributed by atoms with E-state index >= 15 is 0 Å². The normalized spacial score (nSPS) is 10.3. The molecular weight excluding hydrogens is 228 g/mol. The van der Waals surface area contributed by atoms with Gasteiger partial charge in [-0.1, -0.05) is 17.7 Å². The highest BCUT2D eigenvalue weighted by Crippen LogP contribution is 2.33. The second-order valence-corrected chi connectivity index (χ2v) is 4.93. The molecule has 2 aromatic rings. The van der Waals surface area contributed by atoms with E-state index in [1.165, 1.54) is 0 Å². The van der Waals surface area contributed by atoms with Gasteiger partial charge in [0.2, 0.25) is 0 Å². The summed E-state index contributed by atoms with van der Waals surface area (Å²) in [5.41, 5.74) is 7.56. The van der Waals surface area contributed by atoms with Crippen LogP contribution in [0.4, 0.5) is 16.4 Å². The molecule has 0 fully saturated rings. The van der Waals surface area contributed by atoms with Crippen molar-refractivity contribution in [2.75, 3.05) is 17.7 Å². The van der Waals surface area contributed by atoms with Crippen LogP contribution in [0.2, 0.25) is 4.34 Å². The smallest absolute Gasteiger partial charge is 0.0966 e. The highest BCUT2D eigenvalue weighted by Gasteiger charge is 2.06. The Morgan fingerprint density at radius 3 is 2.67 bits per heavy atom. The van der Waals surface area contributed by atoms with Gasteiger partial charge in [0.05, 0.1) is 9.34 Å². The van der Waals surface area contributed by atoms with E-state index in [4.69, 9.17) is 17.3 Å². The molecule has 2 N–H and O–H groups in total. The number of hydrogen-bond acceptors (Lipinski definition) is 3. The Morgan fingerprint density at radius 2 is 2.07 bits per heavy atom. The molecule has 0 atom stereocenters. The van der Waals surface area contributed by atoms with Crippen LogP contribution in [0.3, 0.4) is 0 Å². The van der Waals surface area contributed by atoms with E-state index in [-0.39, 0.29) is 0 Å². The number of nitrogens with zero attached hydrogens (tertiary/aromatic N) is 1. The molecule has 0 aliphatic carbocycles. The third-order valence-electron chi connectivity index (χ3n) is 2.15. The number of nitrogen functional groups attached to an aromatic ring is 1. The summed E-state index contributed by atoms with van der Waals surface area (Å²) >= 11 is 7.44. The molecule has 0 amide bonds. The zero-order valence-electron chi connectivity index (χ0n) is 8.27. The van der Waals surface area contributed by atoms with Crippen LogP contribution in [0, 0.1) is 0 Å². The summed E-state index contributed by atoms with van der Waals surface area (Å²) in [6.07, 6.45) is 0. The Hall–Kier alpha value is -1.19. The third kappa shape index (κ3) is 2.25. The van der Waals surface area contributed by atoms with Gasteiger partial charge >= 0.3 is 0 Å². The largest absolute Gasteiger partial charge is 0.399 e. The van der Waals surface area contributed by atoms with Gasteiger partial charge < -0.3 is 10.6 Å². The van der Waals surface area contributed by atoms with Crippen LogP contribution in [0.15, 0.2) is 36.4 Å². The fourth-order valence-electron chi connectivity index (χ4n) is 1.35. The molecule has 78 valence electrons. The second-order valence-electron chi connectivity index (χ2n) is 3.23. The fourth-order valence-corrected chi connectivity index (χ4v) is 2.36. The molecule has 0 spiro atoms. The first-order chi connectivity index (χ1) is 7.16. The van der Waals surface area contributed by atoms with Crippen molar-refractivity contribution in [3.63, 3.8) is 0 Å². The standard InChI is InChI=1S/C11H11ClN2S/c1-14(11-6-5-10(12)15-11)9-4-2-3-8(13)7-9/h2-7H,13H2,1H3. The molecule has 4 heteroatoms. The molecule has 1 heterocycles. The zero-order valence-corrected chi connectivity index (χ0v) is 9.85. The monoisotopic (exact) mass is 238 g/mol. The first-order valence-electron chi connectivity index (χ1n) is 4.51. The lowest BCUT2D eigenvalue weighted by molar-refractivity contribution is 1.24. The number of hydrogen-bond donors (Lipinski definition) is 1. The quantitative estimate of drug-likeness (QED) is 0.808. The van der Waals surface area contributed by atoms with Crippen molar-refractivity contribution >= 4 is 39.3 Å². The van der Waals surface area contributed by atoms with Crippen molar-refractivity contribution in [2.24, 2.45) is 0 Å². The fraction of sp³-hybridized carbons (Fsp3) is 0.0909. The lowest BCUT2D eigenvalue weighted by Crippen LogP contribution is -2.07. The molecule has 15 heavy (non-hydrogen) atoms. The van der Waals surface area contributed by atoms with Crippen molar-refractivity contribution in [1.82, 2.24) is 0 Å². The number of rotatable bonds is 2. The van der Waals surface area contributed by atoms with E-state index in [2.05, 4.69) is 4.90 Å². The highest BCUT2D eigenvalue weighted by molar-refractivity contribution is 7.20. The van der Waals surface area contributed by atoms with E-state index in [1.54, 1.807) is 11.3 Å². The number of thiophene rings is 1. The summed E-state index contributed by atoms with van der Waals surface area (Å²) < 4.78 is 0.792. The van der Waals surface area contributed by atoms with Crippen molar-refractivity contribution in [1.29, 1.82) is 0 Å². The van der Waals surface area contributed by atoms with E-state index in [0.29, 0.717) is 0 Å². The van der Waals surface area contributed by atoms with Gasteiger partial charge in [0.1, 0.15) is 0 Å². The molecule has 1 aromatic carbocycles. The molecule has 2 rings (SSSR count). The van der Waals surface area contributed by atoms with Gasteiger partial charge in [0.25, 0.3) is 0 Å². The Labute approximate surface area is 97.9 Å². The first kappa shape index (κ1) is 10.3. The summed E-state index contributed by atoms with van der Waals surface area (Å²) in [7, 11) is 2.00. The minimum absolute atomic E-state index is 0.766. The average molecular weight is 239 g/mol. The maximum Gasteiger partial charge on any atom is 0.0966 e. The summed E-state index contributed by atoms with van der Waals surface area (Å²) in [5.74, 6) is 0. The van der Waals surface area contributed by atoms with Crippen molar-refractivity contribution < 1.29 is 0 Å². The number of benzene rings is 1. The van der Waals surface area contributed by atoms with Gasteiger partial charge in [-0.25, -0.2) is 0 Å². The molecule has 0 bridgehead atoms. The van der Waals surface area contributed by atoms with Crippen LogP contribution < -0.4 is 10.6 Å². The number of nitrogens with two attached hydrogens (primary N) is 1. The van der Waals surface area contributed by atoms with Gasteiger partial charge in [-0.05, 0) is 30.3 Å². The van der Waals surface area contributed by atoms with Crippen LogP contribution in [0.5, 0.6) is 0 Å². The molecule has 0 saturated carbocycles. The minimum atomic E-state index is 0.766. The van der Waals surface area contributed by atoms with Crippen LogP contribution >= 0.6 is 22.9 Å². The summed E-state index contributed by atoms with van der Waals surface area (Å²) in [4.78, 5) is 2.06. The van der Waals surface area contributed by atoms with Crippen LogP contribution in [0.1, 0.15) is 0 Å². The SMILES string of the molecule is CN(c1cccc(N)c1)c1ccc(Cl)s1. The van der Waals surface area contributed by atoms with E-state index < -0.39 is 0 Å². The van der Waals surface area contributed by atoms with Gasteiger partial charge in [-0.3, -0.25) is 0 Å². The lowest BCUT2D eigenvalue weighted by atomic mass is 10.2. The average Bonchev–Trinajstić information content (AvgIpc) is 2.64. The van der Waals surface area contributed by atoms with Crippen LogP contribution in [-0.2, 0) is 0 Å². The zero-order chi connectivity index (χ0) is 10.8. The van der Waals surface area contributed by atoms with E-state index in [0.717, 1.165) is 20.7 Å². The summed E-state index contributed by atoms with van der Waals surface area (Å²) in [6.45, 7) is 0. The maximum atomic E-state index is 5.89. The molecule has 0 unspecified atom stereocenters. The topological polar surface area (TPSA) is 29.3 Å². The number of halogens is 1. The van der Waals surface area contributed by atoms with Gasteiger partial charge in [-0.15, -0.1) is 11.3 Å². The Kier molecular flexibility index (Phi) is 2.84. The van der Waals surface area contributed by atoms with Crippen LogP contribution in [0.25, 0.3) is 0 Å². The third-order valence-corrected chi connectivity index (χ3v) is 3.45. The summed E-state index contributed by atoms with van der Waals surface area (Å²) in [5, 5.41) is 1.10. The van der Waals surface area contributed by atoms with Crippen molar-refractivity contribution in [2.45, 2.75) is 0 Å². The van der Waals surface area contributed by atoms with Gasteiger partial charge in [-0.2, -0.15) is 0 Å². The second kappa shape index (κ2) is 4.13. The molecular formula is C11H11ClN2S. The number of anilines is 3. The molecule has 1 aromatic heterocycles. The van der Waals surface area contributed by atoms with Crippen LogP contribution in [-0.4, -0.2) is 7.05 Å². The van der Waals surface area contributed by atoms with E-state index in [9.17, 15) is 0 Å². The van der Waals surface area contributed by atoms with Gasteiger partial charge in [0.15, 0.2) is 0 Å². The lowest BCUT2D eigenvalue weighted by Gasteiger charge is -2.17. The molecule has 2 nitrogen and oxygen atoms in total. The Morgan fingerprint density at radius 1 is 1.27 bits per heavy atom. The highest BCUT2D eigenvalue weighted by atomic mass is 35.5. The van der Waals surface area contributed by atoms with Gasteiger partial charge in [0, 0.05) is 18.4 Å².